The highest BCUT2D eigenvalue weighted by Gasteiger charge is 2.19. The lowest BCUT2D eigenvalue weighted by atomic mass is 10.1. The third kappa shape index (κ3) is 5.14. The summed E-state index contributed by atoms with van der Waals surface area (Å²) in [6.07, 6.45) is 2.68. The van der Waals surface area contributed by atoms with Crippen molar-refractivity contribution in [2.45, 2.75) is 25.0 Å². The maximum Gasteiger partial charge on any atom is 0.337 e. The number of esters is 1. The smallest absolute Gasteiger partial charge is 0.337 e. The van der Waals surface area contributed by atoms with Crippen molar-refractivity contribution < 1.29 is 14.3 Å². The first-order chi connectivity index (χ1) is 16.9. The van der Waals surface area contributed by atoms with E-state index in [1.807, 2.05) is 55.1 Å². The first kappa shape index (κ1) is 24.3. The number of rotatable bonds is 8. The van der Waals surface area contributed by atoms with Gasteiger partial charge in [0.1, 0.15) is 11.0 Å². The standard InChI is InChI=1S/C26H26N4O4S/c1-4-14-30-24(32)23-22(20(15-29(23)2)17-8-6-5-7-9-17)28-26(30)35-16-21(31)27-19-12-10-18(11-13-19)25(33)34-3/h5-13,15H,4,14,16H2,1-3H3,(H,27,31). The van der Waals surface area contributed by atoms with Crippen LogP contribution in [-0.2, 0) is 23.1 Å². The van der Waals surface area contributed by atoms with Gasteiger partial charge in [-0.1, -0.05) is 49.0 Å². The van der Waals surface area contributed by atoms with E-state index in [1.54, 1.807) is 28.8 Å². The lowest BCUT2D eigenvalue weighted by Crippen LogP contribution is -2.25. The van der Waals surface area contributed by atoms with E-state index >= 15 is 0 Å². The number of aromatic nitrogens is 3. The number of hydrogen-bond acceptors (Lipinski definition) is 6. The van der Waals surface area contributed by atoms with Gasteiger partial charge in [0.2, 0.25) is 5.91 Å². The molecule has 2 aromatic heterocycles. The number of thioether (sulfide) groups is 1. The van der Waals surface area contributed by atoms with Gasteiger partial charge in [-0.3, -0.25) is 14.2 Å². The Balaban J connectivity index is 1.60. The molecule has 35 heavy (non-hydrogen) atoms. The minimum absolute atomic E-state index is 0.0773. The summed E-state index contributed by atoms with van der Waals surface area (Å²) in [6, 6.07) is 16.3. The number of benzene rings is 2. The molecular weight excluding hydrogens is 464 g/mol. The van der Waals surface area contributed by atoms with E-state index in [-0.39, 0.29) is 17.2 Å². The van der Waals surface area contributed by atoms with Gasteiger partial charge in [-0.05, 0) is 36.2 Å². The van der Waals surface area contributed by atoms with E-state index in [0.717, 1.165) is 17.5 Å². The van der Waals surface area contributed by atoms with Gasteiger partial charge in [0.15, 0.2) is 5.16 Å². The highest BCUT2D eigenvalue weighted by molar-refractivity contribution is 7.99. The van der Waals surface area contributed by atoms with Gasteiger partial charge >= 0.3 is 5.97 Å². The summed E-state index contributed by atoms with van der Waals surface area (Å²) in [5.41, 5.74) is 3.85. The molecule has 0 atom stereocenters. The Hall–Kier alpha value is -3.85. The van der Waals surface area contributed by atoms with Gasteiger partial charge < -0.3 is 14.6 Å². The van der Waals surface area contributed by atoms with Gasteiger partial charge in [-0.2, -0.15) is 0 Å². The molecule has 9 heteroatoms. The number of nitrogens with zero attached hydrogens (tertiary/aromatic N) is 3. The first-order valence-corrected chi connectivity index (χ1v) is 12.2. The summed E-state index contributed by atoms with van der Waals surface area (Å²) in [4.78, 5) is 42.5. The monoisotopic (exact) mass is 490 g/mol. The number of carbonyl (C=O) groups excluding carboxylic acids is 2. The highest BCUT2D eigenvalue weighted by atomic mass is 32.2. The van der Waals surface area contributed by atoms with Crippen molar-refractivity contribution in [3.05, 3.63) is 76.7 Å². The zero-order valence-corrected chi connectivity index (χ0v) is 20.6. The number of amides is 1. The van der Waals surface area contributed by atoms with Crippen LogP contribution in [0.5, 0.6) is 0 Å². The SMILES string of the molecule is CCCn1c(SCC(=O)Nc2ccc(C(=O)OC)cc2)nc2c(-c3ccccc3)cn(C)c2c1=O. The van der Waals surface area contributed by atoms with Crippen LogP contribution in [-0.4, -0.2) is 38.9 Å². The molecule has 0 saturated carbocycles. The average Bonchev–Trinajstić information content (AvgIpc) is 3.21. The van der Waals surface area contributed by atoms with Crippen LogP contribution in [0.25, 0.3) is 22.2 Å². The summed E-state index contributed by atoms with van der Waals surface area (Å²) in [6.45, 7) is 2.50. The molecule has 0 aliphatic rings. The van der Waals surface area contributed by atoms with Crippen molar-refractivity contribution in [1.82, 2.24) is 14.1 Å². The van der Waals surface area contributed by atoms with Crippen molar-refractivity contribution >= 4 is 40.4 Å². The number of methoxy groups -OCH3 is 1. The molecule has 0 saturated heterocycles. The molecule has 180 valence electrons. The van der Waals surface area contributed by atoms with Crippen LogP contribution in [0.2, 0.25) is 0 Å². The van der Waals surface area contributed by atoms with E-state index in [4.69, 9.17) is 4.98 Å². The summed E-state index contributed by atoms with van der Waals surface area (Å²) in [5, 5.41) is 3.31. The Morgan fingerprint density at radius 2 is 1.80 bits per heavy atom. The summed E-state index contributed by atoms with van der Waals surface area (Å²) >= 11 is 1.22. The Morgan fingerprint density at radius 3 is 2.46 bits per heavy atom. The molecule has 0 aliphatic heterocycles. The van der Waals surface area contributed by atoms with Gasteiger partial charge in [0.25, 0.3) is 5.56 Å². The van der Waals surface area contributed by atoms with E-state index in [2.05, 4.69) is 10.1 Å². The van der Waals surface area contributed by atoms with Crippen LogP contribution >= 0.6 is 11.8 Å². The first-order valence-electron chi connectivity index (χ1n) is 11.2. The quantitative estimate of drug-likeness (QED) is 0.224. The summed E-state index contributed by atoms with van der Waals surface area (Å²) in [5.74, 6) is -0.604. The zero-order valence-electron chi connectivity index (χ0n) is 19.8. The Kier molecular flexibility index (Phi) is 7.36. The highest BCUT2D eigenvalue weighted by Crippen LogP contribution is 2.29. The van der Waals surface area contributed by atoms with Crippen molar-refractivity contribution in [2.75, 3.05) is 18.2 Å². The Bertz CT molecular complexity index is 1430. The number of ether oxygens (including phenoxy) is 1. The van der Waals surface area contributed by atoms with Crippen LogP contribution in [0.15, 0.2) is 70.7 Å². The fraction of sp³-hybridized carbons (Fsp3) is 0.231. The molecule has 2 heterocycles. The van der Waals surface area contributed by atoms with Gasteiger partial charge in [-0.25, -0.2) is 9.78 Å². The second-order valence-corrected chi connectivity index (χ2v) is 8.92. The Labute approximate surface area is 206 Å². The van der Waals surface area contributed by atoms with Crippen molar-refractivity contribution in [3.8, 4) is 11.1 Å². The van der Waals surface area contributed by atoms with E-state index < -0.39 is 5.97 Å². The molecule has 0 spiro atoms. The van der Waals surface area contributed by atoms with E-state index in [0.29, 0.717) is 34.0 Å². The molecular formula is C26H26N4O4S. The fourth-order valence-electron chi connectivity index (χ4n) is 3.84. The molecule has 0 radical (unpaired) electrons. The number of fused-ring (bicyclic) bond motifs is 1. The number of anilines is 1. The van der Waals surface area contributed by atoms with Crippen LogP contribution < -0.4 is 10.9 Å². The third-order valence-corrected chi connectivity index (χ3v) is 6.47. The minimum atomic E-state index is -0.440. The van der Waals surface area contributed by atoms with Crippen molar-refractivity contribution in [2.24, 2.45) is 7.05 Å². The maximum atomic E-state index is 13.4. The molecule has 1 N–H and O–H groups in total. The maximum absolute atomic E-state index is 13.4. The molecule has 2 aromatic carbocycles. The minimum Gasteiger partial charge on any atom is -0.465 e. The van der Waals surface area contributed by atoms with Crippen LogP contribution in [0.1, 0.15) is 23.7 Å². The van der Waals surface area contributed by atoms with E-state index in [1.165, 1.54) is 18.9 Å². The normalized spacial score (nSPS) is 10.9. The predicted molar refractivity (Wildman–Crippen MR) is 138 cm³/mol. The molecule has 8 nitrogen and oxygen atoms in total. The second kappa shape index (κ2) is 10.6. The molecule has 4 rings (SSSR count). The molecule has 0 unspecified atom stereocenters. The van der Waals surface area contributed by atoms with Crippen molar-refractivity contribution in [1.29, 1.82) is 0 Å². The topological polar surface area (TPSA) is 95.2 Å². The predicted octanol–water partition coefficient (Wildman–Crippen LogP) is 4.33. The van der Waals surface area contributed by atoms with Gasteiger partial charge in [-0.15, -0.1) is 0 Å². The number of nitrogens with one attached hydrogen (secondary N) is 1. The van der Waals surface area contributed by atoms with E-state index in [9.17, 15) is 14.4 Å². The second-order valence-electron chi connectivity index (χ2n) is 7.97. The summed E-state index contributed by atoms with van der Waals surface area (Å²) < 4.78 is 8.14. The summed E-state index contributed by atoms with van der Waals surface area (Å²) in [7, 11) is 3.16. The molecule has 0 aliphatic carbocycles. The van der Waals surface area contributed by atoms with Gasteiger partial charge in [0, 0.05) is 31.0 Å². The number of aryl methyl sites for hydroxylation is 1. The molecule has 0 bridgehead atoms. The van der Waals surface area contributed by atoms with Crippen molar-refractivity contribution in [3.63, 3.8) is 0 Å². The van der Waals surface area contributed by atoms with Crippen LogP contribution in [0.3, 0.4) is 0 Å². The zero-order chi connectivity index (χ0) is 24.9. The lowest BCUT2D eigenvalue weighted by Gasteiger charge is -2.12. The largest absolute Gasteiger partial charge is 0.465 e. The number of hydrogen-bond donors (Lipinski definition) is 1. The third-order valence-electron chi connectivity index (χ3n) is 5.50. The van der Waals surface area contributed by atoms with Gasteiger partial charge in [0.05, 0.1) is 18.4 Å². The molecule has 0 fully saturated rings. The molecule has 1 amide bonds. The fourth-order valence-corrected chi connectivity index (χ4v) is 4.66. The Morgan fingerprint density at radius 1 is 1.09 bits per heavy atom. The molecule has 4 aromatic rings. The van der Waals surface area contributed by atoms with Crippen LogP contribution in [0, 0.1) is 0 Å². The average molecular weight is 491 g/mol. The number of carbonyl (C=O) groups is 2. The lowest BCUT2D eigenvalue weighted by molar-refractivity contribution is -0.113. The van der Waals surface area contributed by atoms with Crippen LogP contribution in [0.4, 0.5) is 5.69 Å².